The molecule has 0 heterocycles. The first-order valence-electron chi connectivity index (χ1n) is 5.83. The second-order valence-corrected chi connectivity index (χ2v) is 5.49. The van der Waals surface area contributed by atoms with Crippen LogP contribution in [0.15, 0.2) is 57.6 Å². The van der Waals surface area contributed by atoms with Gasteiger partial charge in [-0.3, -0.25) is 4.55 Å². The molecular weight excluding hydrogens is 317 g/mol. The maximum absolute atomic E-state index is 11.2. The van der Waals surface area contributed by atoms with Gasteiger partial charge in [-0.25, -0.2) is 0 Å². The molecule has 0 spiro atoms. The quantitative estimate of drug-likeness (QED) is 0.386. The average molecular weight is 331 g/mol. The van der Waals surface area contributed by atoms with Crippen molar-refractivity contribution in [1.29, 1.82) is 0 Å². The van der Waals surface area contributed by atoms with Gasteiger partial charge in [0, 0.05) is 6.07 Å². The van der Waals surface area contributed by atoms with Crippen LogP contribution in [0.2, 0.25) is 0 Å². The Morgan fingerprint density at radius 3 is 2.32 bits per heavy atom. The fourth-order valence-electron chi connectivity index (χ4n) is 1.60. The number of methoxy groups -OCH3 is 1. The van der Waals surface area contributed by atoms with Gasteiger partial charge >= 0.3 is 29.6 Å². The van der Waals surface area contributed by atoms with Crippen molar-refractivity contribution in [1.82, 2.24) is 0 Å². The molecule has 0 aliphatic heterocycles. The van der Waals surface area contributed by atoms with Crippen molar-refractivity contribution >= 4 is 56.7 Å². The number of ether oxygens (including phenoxy) is 1. The Kier molecular flexibility index (Phi) is 6.51. The van der Waals surface area contributed by atoms with Gasteiger partial charge in [0.25, 0.3) is 10.1 Å². The zero-order chi connectivity index (χ0) is 15.5. The molecule has 0 saturated heterocycles. The second-order valence-electron chi connectivity index (χ2n) is 4.10. The average Bonchev–Trinajstić information content (AvgIpc) is 2.45. The third-order valence-corrected chi connectivity index (χ3v) is 3.52. The van der Waals surface area contributed by atoms with Crippen molar-refractivity contribution in [2.24, 2.45) is 10.2 Å². The van der Waals surface area contributed by atoms with Gasteiger partial charge in [-0.15, -0.1) is 0 Å². The molecule has 2 aromatic carbocycles. The van der Waals surface area contributed by atoms with Crippen LogP contribution in [0.3, 0.4) is 0 Å². The first-order valence-corrected chi connectivity index (χ1v) is 7.27. The molecule has 0 saturated carbocycles. The molecule has 9 heteroatoms. The maximum atomic E-state index is 11.2. The second kappa shape index (κ2) is 7.70. The summed E-state index contributed by atoms with van der Waals surface area (Å²) in [6.45, 7) is 0. The Bertz CT molecular complexity index is 794. The van der Waals surface area contributed by atoms with E-state index in [0.717, 1.165) is 6.07 Å². The first kappa shape index (κ1) is 18.6. The van der Waals surface area contributed by atoms with Crippen molar-refractivity contribution in [2.75, 3.05) is 12.8 Å². The minimum absolute atomic E-state index is 0. The van der Waals surface area contributed by atoms with Crippen LogP contribution >= 0.6 is 0 Å². The van der Waals surface area contributed by atoms with Gasteiger partial charge in [0.2, 0.25) is 0 Å². The van der Waals surface area contributed by atoms with E-state index < -0.39 is 15.0 Å². The zero-order valence-electron chi connectivity index (χ0n) is 11.1. The number of benzene rings is 2. The molecule has 112 valence electrons. The van der Waals surface area contributed by atoms with Crippen LogP contribution in [0.25, 0.3) is 0 Å². The molecule has 2 rings (SSSR count). The summed E-state index contributed by atoms with van der Waals surface area (Å²) in [5.74, 6) is 0.627. The van der Waals surface area contributed by atoms with Crippen molar-refractivity contribution < 1.29 is 17.7 Å². The standard InChI is InChI=1S/C13H13N3O4S.Na.H/c1-20-11-4-2-3-9(7-11)15-16-10-5-6-12(14)13(8-10)21(17,18)19;;/h2-8H,14H2,1H3,(H,17,18,19);;/b16-15+;;. The van der Waals surface area contributed by atoms with Crippen molar-refractivity contribution in [3.05, 3.63) is 42.5 Å². The number of hydrogen-bond acceptors (Lipinski definition) is 6. The molecule has 0 atom stereocenters. The predicted molar refractivity (Wildman–Crippen MR) is 85.0 cm³/mol. The van der Waals surface area contributed by atoms with Gasteiger partial charge in [-0.2, -0.15) is 18.6 Å². The molecule has 22 heavy (non-hydrogen) atoms. The molecule has 0 fully saturated rings. The van der Waals surface area contributed by atoms with E-state index in [2.05, 4.69) is 10.2 Å². The molecule has 0 aromatic heterocycles. The summed E-state index contributed by atoms with van der Waals surface area (Å²) in [6.07, 6.45) is 0. The van der Waals surface area contributed by atoms with E-state index in [0.29, 0.717) is 11.4 Å². The van der Waals surface area contributed by atoms with E-state index in [1.165, 1.54) is 19.2 Å². The number of anilines is 1. The van der Waals surface area contributed by atoms with E-state index in [9.17, 15) is 8.42 Å². The number of nitrogens with zero attached hydrogens (tertiary/aromatic N) is 2. The Morgan fingerprint density at radius 2 is 1.73 bits per heavy atom. The molecule has 0 radical (unpaired) electrons. The van der Waals surface area contributed by atoms with Gasteiger partial charge in [0.05, 0.1) is 24.2 Å². The van der Waals surface area contributed by atoms with E-state index in [-0.39, 0.29) is 40.9 Å². The topological polar surface area (TPSA) is 114 Å². The van der Waals surface area contributed by atoms with Gasteiger partial charge in [0.15, 0.2) is 0 Å². The Morgan fingerprint density at radius 1 is 1.09 bits per heavy atom. The van der Waals surface area contributed by atoms with Crippen LogP contribution in [0, 0.1) is 0 Å². The van der Waals surface area contributed by atoms with E-state index in [1.54, 1.807) is 24.3 Å². The number of rotatable bonds is 4. The molecule has 7 nitrogen and oxygen atoms in total. The molecule has 3 N–H and O–H groups in total. The Hall–Kier alpha value is -1.45. The summed E-state index contributed by atoms with van der Waals surface area (Å²) in [6, 6.07) is 10.9. The van der Waals surface area contributed by atoms with Crippen LogP contribution < -0.4 is 10.5 Å². The van der Waals surface area contributed by atoms with E-state index in [1.807, 2.05) is 0 Å². The number of nitrogens with two attached hydrogens (primary N) is 1. The Labute approximate surface area is 150 Å². The monoisotopic (exact) mass is 331 g/mol. The normalized spacial score (nSPS) is 11.2. The van der Waals surface area contributed by atoms with Crippen molar-refractivity contribution in [3.8, 4) is 5.75 Å². The first-order chi connectivity index (χ1) is 9.90. The third-order valence-electron chi connectivity index (χ3n) is 2.61. The van der Waals surface area contributed by atoms with Gasteiger partial charge in [-0.05, 0) is 30.3 Å². The van der Waals surface area contributed by atoms with Gasteiger partial charge in [-0.1, -0.05) is 6.07 Å². The van der Waals surface area contributed by atoms with Crippen LogP contribution in [0.1, 0.15) is 0 Å². The van der Waals surface area contributed by atoms with E-state index in [4.69, 9.17) is 15.0 Å². The van der Waals surface area contributed by atoms with Gasteiger partial charge in [0.1, 0.15) is 10.6 Å². The van der Waals surface area contributed by atoms with Crippen molar-refractivity contribution in [3.63, 3.8) is 0 Å². The summed E-state index contributed by atoms with van der Waals surface area (Å²) in [5.41, 5.74) is 6.23. The number of hydrogen-bond donors (Lipinski definition) is 2. The summed E-state index contributed by atoms with van der Waals surface area (Å²) < 4.78 is 36.4. The van der Waals surface area contributed by atoms with Crippen LogP contribution in [0.5, 0.6) is 5.75 Å². The minimum atomic E-state index is -4.40. The van der Waals surface area contributed by atoms with Crippen molar-refractivity contribution in [2.45, 2.75) is 4.90 Å². The molecule has 0 aliphatic carbocycles. The van der Waals surface area contributed by atoms with Crippen LogP contribution in [-0.4, -0.2) is 49.6 Å². The molecule has 0 amide bonds. The summed E-state index contributed by atoms with van der Waals surface area (Å²) in [4.78, 5) is -0.399. The summed E-state index contributed by atoms with van der Waals surface area (Å²) >= 11 is 0. The fourth-order valence-corrected chi connectivity index (χ4v) is 2.23. The van der Waals surface area contributed by atoms with Crippen LogP contribution in [0.4, 0.5) is 17.1 Å². The molecule has 0 unspecified atom stereocenters. The fraction of sp³-hybridized carbons (Fsp3) is 0.0769. The number of nitrogen functional groups attached to an aromatic ring is 1. The third kappa shape index (κ3) is 4.79. The zero-order valence-corrected chi connectivity index (χ0v) is 11.9. The molecule has 2 aromatic rings. The molecular formula is C13H14N3NaO4S. The summed E-state index contributed by atoms with van der Waals surface area (Å²) in [5, 5.41) is 7.87. The van der Waals surface area contributed by atoms with Crippen LogP contribution in [-0.2, 0) is 10.1 Å². The van der Waals surface area contributed by atoms with E-state index >= 15 is 0 Å². The Balaban J connectivity index is 0.00000242. The molecule has 0 bridgehead atoms. The van der Waals surface area contributed by atoms with Gasteiger partial charge < -0.3 is 10.5 Å². The molecule has 0 aliphatic rings. The predicted octanol–water partition coefficient (Wildman–Crippen LogP) is 2.29. The number of azo groups is 1. The SMILES string of the molecule is COc1cccc(/N=N/c2ccc(N)c(S(=O)(=O)O)c2)c1.[NaH]. The summed E-state index contributed by atoms with van der Waals surface area (Å²) in [7, 11) is -2.86.